The standard InChI is InChI=1S/C28H16ClNO/c29-19-11-8-17-10-13-24-28(22(17)16-19)27(23-6-3-4-14-30(23)24)18-9-12-21-20-5-1-2-7-25(20)31-26(21)15-18/h1-16H. The van der Waals surface area contributed by atoms with Crippen LogP contribution in [-0.4, -0.2) is 4.40 Å². The lowest BCUT2D eigenvalue weighted by molar-refractivity contribution is 0.669. The van der Waals surface area contributed by atoms with E-state index in [2.05, 4.69) is 83.4 Å². The third-order valence-corrected chi connectivity index (χ3v) is 6.49. The first-order valence-corrected chi connectivity index (χ1v) is 10.7. The first-order chi connectivity index (χ1) is 15.3. The molecule has 2 nitrogen and oxygen atoms in total. The summed E-state index contributed by atoms with van der Waals surface area (Å²) in [5.41, 5.74) is 6.49. The lowest BCUT2D eigenvalue weighted by Crippen LogP contribution is -1.82. The van der Waals surface area contributed by atoms with Crippen LogP contribution < -0.4 is 0 Å². The predicted octanol–water partition coefficient (Wildman–Crippen LogP) is 8.47. The molecule has 31 heavy (non-hydrogen) atoms. The zero-order valence-electron chi connectivity index (χ0n) is 16.5. The summed E-state index contributed by atoms with van der Waals surface area (Å²) >= 11 is 6.42. The highest BCUT2D eigenvalue weighted by molar-refractivity contribution is 6.32. The summed E-state index contributed by atoms with van der Waals surface area (Å²) in [6.45, 7) is 0. The number of benzene rings is 4. The van der Waals surface area contributed by atoms with E-state index in [-0.39, 0.29) is 0 Å². The Kier molecular flexibility index (Phi) is 3.36. The Balaban J connectivity index is 1.66. The van der Waals surface area contributed by atoms with E-state index < -0.39 is 0 Å². The maximum absolute atomic E-state index is 6.42. The van der Waals surface area contributed by atoms with Crippen molar-refractivity contribution in [3.05, 3.63) is 102 Å². The van der Waals surface area contributed by atoms with E-state index >= 15 is 0 Å². The summed E-state index contributed by atoms with van der Waals surface area (Å²) in [5.74, 6) is 0. The molecule has 0 aliphatic carbocycles. The lowest BCUT2D eigenvalue weighted by Gasteiger charge is -2.05. The fraction of sp³-hybridized carbons (Fsp3) is 0. The van der Waals surface area contributed by atoms with Gasteiger partial charge >= 0.3 is 0 Å². The van der Waals surface area contributed by atoms with Crippen molar-refractivity contribution in [1.82, 2.24) is 4.40 Å². The van der Waals surface area contributed by atoms with E-state index in [0.717, 1.165) is 37.9 Å². The van der Waals surface area contributed by atoms with Crippen molar-refractivity contribution in [3.8, 4) is 11.1 Å². The maximum Gasteiger partial charge on any atom is 0.136 e. The van der Waals surface area contributed by atoms with Crippen LogP contribution in [-0.2, 0) is 0 Å². The fourth-order valence-corrected chi connectivity index (χ4v) is 5.07. The molecule has 0 N–H and O–H groups in total. The Bertz CT molecular complexity index is 1810. The number of pyridine rings is 1. The minimum Gasteiger partial charge on any atom is -0.456 e. The number of nitrogens with zero attached hydrogens (tertiary/aromatic N) is 1. The van der Waals surface area contributed by atoms with Gasteiger partial charge in [-0.25, -0.2) is 0 Å². The number of fused-ring (bicyclic) bond motifs is 8. The molecule has 0 atom stereocenters. The van der Waals surface area contributed by atoms with Gasteiger partial charge in [0.15, 0.2) is 0 Å². The lowest BCUT2D eigenvalue weighted by atomic mass is 9.97. The first-order valence-electron chi connectivity index (χ1n) is 10.3. The smallest absolute Gasteiger partial charge is 0.136 e. The van der Waals surface area contributed by atoms with Gasteiger partial charge in [-0.1, -0.05) is 54.1 Å². The second-order valence-electron chi connectivity index (χ2n) is 7.97. The summed E-state index contributed by atoms with van der Waals surface area (Å²) in [5, 5.41) is 6.58. The van der Waals surface area contributed by atoms with Crippen LogP contribution in [0.3, 0.4) is 0 Å². The highest BCUT2D eigenvalue weighted by atomic mass is 35.5. The van der Waals surface area contributed by atoms with Gasteiger partial charge in [-0.2, -0.15) is 0 Å². The van der Waals surface area contributed by atoms with Crippen LogP contribution in [0.25, 0.3) is 60.3 Å². The normalized spacial score (nSPS) is 12.0. The SMILES string of the molecule is Clc1ccc2ccc3c(c(-c4ccc5c(c4)oc4ccccc45)c4ccccn43)c2c1. The molecule has 0 unspecified atom stereocenters. The van der Waals surface area contributed by atoms with Gasteiger partial charge in [0.2, 0.25) is 0 Å². The molecule has 0 spiro atoms. The molecule has 4 aromatic carbocycles. The summed E-state index contributed by atoms with van der Waals surface area (Å²) in [7, 11) is 0. The number of furan rings is 1. The molecule has 3 aromatic heterocycles. The summed E-state index contributed by atoms with van der Waals surface area (Å²) in [4.78, 5) is 0. The molecule has 0 amide bonds. The van der Waals surface area contributed by atoms with Gasteiger partial charge in [0, 0.05) is 32.9 Å². The van der Waals surface area contributed by atoms with Crippen molar-refractivity contribution in [1.29, 1.82) is 0 Å². The molecular formula is C28H16ClNO. The van der Waals surface area contributed by atoms with E-state index in [1.807, 2.05) is 18.2 Å². The third-order valence-electron chi connectivity index (χ3n) is 6.25. The van der Waals surface area contributed by atoms with Crippen LogP contribution in [0.1, 0.15) is 0 Å². The van der Waals surface area contributed by atoms with Gasteiger partial charge in [0.1, 0.15) is 11.2 Å². The van der Waals surface area contributed by atoms with Crippen molar-refractivity contribution in [2.45, 2.75) is 0 Å². The molecular weight excluding hydrogens is 402 g/mol. The number of hydrogen-bond donors (Lipinski definition) is 0. The van der Waals surface area contributed by atoms with Crippen LogP contribution in [0.5, 0.6) is 0 Å². The zero-order valence-corrected chi connectivity index (χ0v) is 17.2. The summed E-state index contributed by atoms with van der Waals surface area (Å²) in [6, 6.07) is 31.5. The number of halogens is 1. The molecule has 0 radical (unpaired) electrons. The second kappa shape index (κ2) is 6.13. The maximum atomic E-state index is 6.42. The quantitative estimate of drug-likeness (QED) is 0.262. The van der Waals surface area contributed by atoms with Gasteiger partial charge in [0.05, 0.1) is 11.0 Å². The number of rotatable bonds is 1. The highest BCUT2D eigenvalue weighted by Gasteiger charge is 2.17. The molecule has 3 heterocycles. The predicted molar refractivity (Wildman–Crippen MR) is 130 cm³/mol. The van der Waals surface area contributed by atoms with Gasteiger partial charge in [-0.05, 0) is 64.9 Å². The van der Waals surface area contributed by atoms with E-state index in [9.17, 15) is 0 Å². The minimum atomic E-state index is 0.744. The fourth-order valence-electron chi connectivity index (χ4n) is 4.90. The van der Waals surface area contributed by atoms with E-state index in [1.54, 1.807) is 0 Å². The monoisotopic (exact) mass is 417 g/mol. The number of para-hydroxylation sites is 1. The largest absolute Gasteiger partial charge is 0.456 e. The average Bonchev–Trinajstić information content (AvgIpc) is 3.34. The summed E-state index contributed by atoms with van der Waals surface area (Å²) < 4.78 is 8.45. The Morgan fingerprint density at radius 1 is 0.645 bits per heavy atom. The van der Waals surface area contributed by atoms with Crippen molar-refractivity contribution in [3.63, 3.8) is 0 Å². The highest BCUT2D eigenvalue weighted by Crippen LogP contribution is 2.41. The Morgan fingerprint density at radius 2 is 1.48 bits per heavy atom. The van der Waals surface area contributed by atoms with Crippen molar-refractivity contribution in [2.75, 3.05) is 0 Å². The van der Waals surface area contributed by atoms with Gasteiger partial charge in [-0.15, -0.1) is 0 Å². The Morgan fingerprint density at radius 3 is 2.45 bits per heavy atom. The molecule has 7 rings (SSSR count). The second-order valence-corrected chi connectivity index (χ2v) is 8.40. The van der Waals surface area contributed by atoms with E-state index in [0.29, 0.717) is 0 Å². The van der Waals surface area contributed by atoms with Gasteiger partial charge in [-0.3, -0.25) is 0 Å². The number of hydrogen-bond acceptors (Lipinski definition) is 1. The Hall–Kier alpha value is -3.75. The molecule has 0 bridgehead atoms. The third kappa shape index (κ3) is 2.34. The van der Waals surface area contributed by atoms with Crippen LogP contribution in [0, 0.1) is 0 Å². The molecule has 0 saturated carbocycles. The summed E-state index contributed by atoms with van der Waals surface area (Å²) in [6.07, 6.45) is 2.12. The van der Waals surface area contributed by atoms with Crippen LogP contribution in [0.2, 0.25) is 5.02 Å². The van der Waals surface area contributed by atoms with Gasteiger partial charge in [0.25, 0.3) is 0 Å². The zero-order chi connectivity index (χ0) is 20.5. The molecule has 0 fully saturated rings. The van der Waals surface area contributed by atoms with E-state index in [1.165, 1.54) is 27.4 Å². The topological polar surface area (TPSA) is 17.6 Å². The molecule has 0 saturated heterocycles. The van der Waals surface area contributed by atoms with Crippen molar-refractivity contribution < 1.29 is 4.42 Å². The van der Waals surface area contributed by atoms with Crippen molar-refractivity contribution in [2.24, 2.45) is 0 Å². The molecule has 146 valence electrons. The molecule has 0 aliphatic heterocycles. The first kappa shape index (κ1) is 17.0. The molecule has 7 aromatic rings. The number of aromatic nitrogens is 1. The van der Waals surface area contributed by atoms with Crippen LogP contribution in [0.4, 0.5) is 0 Å². The van der Waals surface area contributed by atoms with Crippen LogP contribution in [0.15, 0.2) is 102 Å². The molecule has 3 heteroatoms. The van der Waals surface area contributed by atoms with Crippen LogP contribution >= 0.6 is 11.6 Å². The Labute approximate surface area is 182 Å². The molecule has 0 aliphatic rings. The average molecular weight is 418 g/mol. The van der Waals surface area contributed by atoms with E-state index in [4.69, 9.17) is 16.0 Å². The van der Waals surface area contributed by atoms with Gasteiger partial charge < -0.3 is 8.82 Å². The van der Waals surface area contributed by atoms with Crippen molar-refractivity contribution >= 4 is 60.7 Å². The minimum absolute atomic E-state index is 0.744.